The monoisotopic (exact) mass is 324 g/mol. The molecule has 0 aromatic heterocycles. The van der Waals surface area contributed by atoms with Gasteiger partial charge in [-0.15, -0.1) is 0 Å². The molecule has 0 radical (unpaired) electrons. The fraction of sp³-hybridized carbons (Fsp3) is 0.455. The van der Waals surface area contributed by atoms with Crippen LogP contribution in [0.1, 0.15) is 69.1 Å². The molecule has 4 N–H and O–H groups in total. The average Bonchev–Trinajstić information content (AvgIpc) is 2.58. The SMILES string of the molecule is CCCCC(CC)Cc1ccc(C(C)c2ccc(N)cc2N)cc1. The summed E-state index contributed by atoms with van der Waals surface area (Å²) >= 11 is 0. The maximum atomic E-state index is 6.14. The minimum atomic E-state index is 0.279. The molecule has 2 unspecified atom stereocenters. The topological polar surface area (TPSA) is 52.0 Å². The normalized spacial score (nSPS) is 13.6. The second-order valence-corrected chi connectivity index (χ2v) is 6.97. The van der Waals surface area contributed by atoms with Crippen molar-refractivity contribution in [2.24, 2.45) is 5.92 Å². The molecule has 0 heterocycles. The van der Waals surface area contributed by atoms with Crippen LogP contribution in [0.4, 0.5) is 11.4 Å². The van der Waals surface area contributed by atoms with Gasteiger partial charge in [-0.25, -0.2) is 0 Å². The fourth-order valence-corrected chi connectivity index (χ4v) is 3.39. The lowest BCUT2D eigenvalue weighted by molar-refractivity contribution is 0.449. The van der Waals surface area contributed by atoms with E-state index >= 15 is 0 Å². The number of unbranched alkanes of at least 4 members (excludes halogenated alkanes) is 1. The molecule has 2 aromatic carbocycles. The van der Waals surface area contributed by atoms with Crippen LogP contribution in [-0.2, 0) is 6.42 Å². The van der Waals surface area contributed by atoms with Gasteiger partial charge in [-0.2, -0.15) is 0 Å². The van der Waals surface area contributed by atoms with E-state index in [4.69, 9.17) is 11.5 Å². The van der Waals surface area contributed by atoms with Crippen molar-refractivity contribution in [3.8, 4) is 0 Å². The molecule has 24 heavy (non-hydrogen) atoms. The summed E-state index contributed by atoms with van der Waals surface area (Å²) in [5.41, 5.74) is 17.3. The zero-order valence-electron chi connectivity index (χ0n) is 15.4. The van der Waals surface area contributed by atoms with Gasteiger partial charge in [-0.05, 0) is 41.2 Å². The second kappa shape index (κ2) is 8.77. The molecule has 2 heteroatoms. The standard InChI is InChI=1S/C22H32N2/c1-4-6-7-17(5-2)14-18-8-10-19(11-9-18)16(3)21-13-12-20(23)15-22(21)24/h8-13,15-17H,4-7,14,23-24H2,1-3H3. The van der Waals surface area contributed by atoms with Crippen molar-refractivity contribution in [2.75, 3.05) is 11.5 Å². The Balaban J connectivity index is 2.08. The lowest BCUT2D eigenvalue weighted by Crippen LogP contribution is -2.05. The molecule has 0 spiro atoms. The summed E-state index contributed by atoms with van der Waals surface area (Å²) in [6.45, 7) is 6.78. The summed E-state index contributed by atoms with van der Waals surface area (Å²) in [6.07, 6.45) is 6.42. The molecule has 130 valence electrons. The number of nitrogens with two attached hydrogens (primary N) is 2. The molecule has 0 saturated carbocycles. The quantitative estimate of drug-likeness (QED) is 0.606. The molecule has 2 nitrogen and oxygen atoms in total. The van der Waals surface area contributed by atoms with Gasteiger partial charge in [0.05, 0.1) is 0 Å². The first kappa shape index (κ1) is 18.4. The molecule has 0 aliphatic rings. The third-order valence-corrected chi connectivity index (χ3v) is 5.12. The van der Waals surface area contributed by atoms with E-state index in [1.807, 2.05) is 18.2 Å². The van der Waals surface area contributed by atoms with Crippen LogP contribution in [0.3, 0.4) is 0 Å². The third-order valence-electron chi connectivity index (χ3n) is 5.12. The molecule has 0 fully saturated rings. The van der Waals surface area contributed by atoms with E-state index in [1.165, 1.54) is 43.2 Å². The smallest absolute Gasteiger partial charge is 0.0373 e. The molecule has 0 aliphatic heterocycles. The highest BCUT2D eigenvalue weighted by atomic mass is 14.6. The molecular formula is C22H32N2. The highest BCUT2D eigenvalue weighted by Crippen LogP contribution is 2.30. The first-order valence-electron chi connectivity index (χ1n) is 9.28. The molecule has 0 bridgehead atoms. The van der Waals surface area contributed by atoms with Gasteiger partial charge in [-0.3, -0.25) is 0 Å². The Morgan fingerprint density at radius 2 is 1.67 bits per heavy atom. The first-order valence-corrected chi connectivity index (χ1v) is 9.28. The number of hydrogen-bond donors (Lipinski definition) is 2. The minimum Gasteiger partial charge on any atom is -0.399 e. The highest BCUT2D eigenvalue weighted by molar-refractivity contribution is 5.59. The Labute approximate surface area is 147 Å². The van der Waals surface area contributed by atoms with Crippen LogP contribution in [0.15, 0.2) is 42.5 Å². The van der Waals surface area contributed by atoms with Crippen molar-refractivity contribution in [3.05, 3.63) is 59.2 Å². The molecule has 2 aromatic rings. The van der Waals surface area contributed by atoms with Crippen molar-refractivity contribution >= 4 is 11.4 Å². The van der Waals surface area contributed by atoms with Gasteiger partial charge in [0.15, 0.2) is 0 Å². The van der Waals surface area contributed by atoms with Crippen LogP contribution in [0.2, 0.25) is 0 Å². The lowest BCUT2D eigenvalue weighted by atomic mass is 9.88. The minimum absolute atomic E-state index is 0.279. The van der Waals surface area contributed by atoms with E-state index in [0.29, 0.717) is 0 Å². The van der Waals surface area contributed by atoms with Crippen LogP contribution in [0, 0.1) is 5.92 Å². The van der Waals surface area contributed by atoms with Crippen LogP contribution >= 0.6 is 0 Å². The van der Waals surface area contributed by atoms with Crippen LogP contribution in [0.5, 0.6) is 0 Å². The summed E-state index contributed by atoms with van der Waals surface area (Å²) < 4.78 is 0. The van der Waals surface area contributed by atoms with Crippen molar-refractivity contribution < 1.29 is 0 Å². The zero-order valence-corrected chi connectivity index (χ0v) is 15.4. The number of nitrogen functional groups attached to an aromatic ring is 2. The van der Waals surface area contributed by atoms with Gasteiger partial charge >= 0.3 is 0 Å². The van der Waals surface area contributed by atoms with Gasteiger partial charge in [0.25, 0.3) is 0 Å². The van der Waals surface area contributed by atoms with Crippen LogP contribution in [-0.4, -0.2) is 0 Å². The van der Waals surface area contributed by atoms with Crippen LogP contribution < -0.4 is 11.5 Å². The van der Waals surface area contributed by atoms with E-state index in [2.05, 4.69) is 45.0 Å². The molecule has 0 amide bonds. The second-order valence-electron chi connectivity index (χ2n) is 6.97. The Morgan fingerprint density at radius 1 is 0.958 bits per heavy atom. The van der Waals surface area contributed by atoms with E-state index in [-0.39, 0.29) is 5.92 Å². The summed E-state index contributed by atoms with van der Waals surface area (Å²) in [6, 6.07) is 14.9. The van der Waals surface area contributed by atoms with Gasteiger partial charge in [0, 0.05) is 17.3 Å². The maximum absolute atomic E-state index is 6.14. The molecule has 2 rings (SSSR count). The lowest BCUT2D eigenvalue weighted by Gasteiger charge is -2.17. The van der Waals surface area contributed by atoms with E-state index < -0.39 is 0 Å². The Kier molecular flexibility index (Phi) is 6.72. The van der Waals surface area contributed by atoms with E-state index in [9.17, 15) is 0 Å². The first-order chi connectivity index (χ1) is 11.5. The molecule has 0 aliphatic carbocycles. The molecule has 0 saturated heterocycles. The van der Waals surface area contributed by atoms with Gasteiger partial charge in [0.2, 0.25) is 0 Å². The summed E-state index contributed by atoms with van der Waals surface area (Å²) in [5.74, 6) is 1.09. The number of hydrogen-bond acceptors (Lipinski definition) is 2. The van der Waals surface area contributed by atoms with Crippen molar-refractivity contribution in [1.29, 1.82) is 0 Å². The maximum Gasteiger partial charge on any atom is 0.0373 e. The predicted octanol–water partition coefficient (Wildman–Crippen LogP) is 5.76. The van der Waals surface area contributed by atoms with Crippen molar-refractivity contribution in [2.45, 2.75) is 58.8 Å². The molecule has 2 atom stereocenters. The van der Waals surface area contributed by atoms with E-state index in [0.717, 1.165) is 22.9 Å². The average molecular weight is 325 g/mol. The van der Waals surface area contributed by atoms with Crippen molar-refractivity contribution in [1.82, 2.24) is 0 Å². The van der Waals surface area contributed by atoms with E-state index in [1.54, 1.807) is 0 Å². The highest BCUT2D eigenvalue weighted by Gasteiger charge is 2.12. The Hall–Kier alpha value is -1.96. The van der Waals surface area contributed by atoms with Gasteiger partial charge in [-0.1, -0.05) is 76.8 Å². The summed E-state index contributed by atoms with van der Waals surface area (Å²) in [5, 5.41) is 0. The van der Waals surface area contributed by atoms with Gasteiger partial charge < -0.3 is 11.5 Å². The molecular weight excluding hydrogens is 292 g/mol. The van der Waals surface area contributed by atoms with Crippen LogP contribution in [0.25, 0.3) is 0 Å². The van der Waals surface area contributed by atoms with Gasteiger partial charge in [0.1, 0.15) is 0 Å². The third kappa shape index (κ3) is 4.77. The Bertz CT molecular complexity index is 631. The summed E-state index contributed by atoms with van der Waals surface area (Å²) in [7, 11) is 0. The zero-order chi connectivity index (χ0) is 17.5. The fourth-order valence-electron chi connectivity index (χ4n) is 3.39. The Morgan fingerprint density at radius 3 is 2.25 bits per heavy atom. The number of benzene rings is 2. The summed E-state index contributed by atoms with van der Waals surface area (Å²) in [4.78, 5) is 0. The largest absolute Gasteiger partial charge is 0.399 e. The van der Waals surface area contributed by atoms with Crippen molar-refractivity contribution in [3.63, 3.8) is 0 Å². The number of rotatable bonds is 8. The predicted molar refractivity (Wildman–Crippen MR) is 106 cm³/mol. The number of anilines is 2.